The molecule has 4 rings (SSSR count). The van der Waals surface area contributed by atoms with Gasteiger partial charge in [-0.25, -0.2) is 4.98 Å². The van der Waals surface area contributed by atoms with Gasteiger partial charge in [0.05, 0.1) is 11.0 Å². The van der Waals surface area contributed by atoms with E-state index >= 15 is 0 Å². The van der Waals surface area contributed by atoms with Crippen molar-refractivity contribution >= 4 is 11.0 Å². The summed E-state index contributed by atoms with van der Waals surface area (Å²) in [4.78, 5) is 9.05. The summed E-state index contributed by atoms with van der Waals surface area (Å²) in [6, 6.07) is 19.0. The van der Waals surface area contributed by atoms with Gasteiger partial charge in [0, 0.05) is 24.5 Å². The molecular formula is C21H19N3. The van der Waals surface area contributed by atoms with Crippen molar-refractivity contribution in [3.8, 4) is 11.4 Å². The van der Waals surface area contributed by atoms with E-state index in [1.807, 2.05) is 30.6 Å². The van der Waals surface area contributed by atoms with Gasteiger partial charge in [-0.2, -0.15) is 0 Å². The highest BCUT2D eigenvalue weighted by atomic mass is 15.1. The Morgan fingerprint density at radius 3 is 2.33 bits per heavy atom. The molecule has 0 aliphatic heterocycles. The Kier molecular flexibility index (Phi) is 3.62. The molecule has 0 saturated heterocycles. The number of benzene rings is 2. The van der Waals surface area contributed by atoms with Gasteiger partial charge in [-0.3, -0.25) is 4.98 Å². The third-order valence-electron chi connectivity index (χ3n) is 4.49. The fourth-order valence-electron chi connectivity index (χ4n) is 3.03. The van der Waals surface area contributed by atoms with Crippen molar-refractivity contribution < 1.29 is 0 Å². The molecule has 0 spiro atoms. The lowest BCUT2D eigenvalue weighted by Crippen LogP contribution is -2.02. The van der Waals surface area contributed by atoms with Gasteiger partial charge in [-0.05, 0) is 54.8 Å². The molecule has 2 aromatic heterocycles. The van der Waals surface area contributed by atoms with E-state index in [9.17, 15) is 0 Å². The van der Waals surface area contributed by atoms with Crippen LogP contribution in [0.4, 0.5) is 0 Å². The second-order valence-electron chi connectivity index (χ2n) is 6.17. The standard InChI is InChI=1S/C21H19N3/c1-15-12-19-20(13-16(15)2)24(14-17-6-4-3-5-7-17)21(23-19)18-8-10-22-11-9-18/h3-13H,14H2,1-2H3. The molecule has 118 valence electrons. The average Bonchev–Trinajstić information content (AvgIpc) is 2.95. The van der Waals surface area contributed by atoms with Crippen LogP contribution in [0.3, 0.4) is 0 Å². The first-order valence-electron chi connectivity index (χ1n) is 8.14. The van der Waals surface area contributed by atoms with Crippen LogP contribution in [-0.4, -0.2) is 14.5 Å². The first kappa shape index (κ1) is 14.6. The summed E-state index contributed by atoms with van der Waals surface area (Å²) in [5.74, 6) is 0.987. The molecule has 0 fully saturated rings. The first-order chi connectivity index (χ1) is 11.7. The number of imidazole rings is 1. The Labute approximate surface area is 141 Å². The summed E-state index contributed by atoms with van der Waals surface area (Å²) < 4.78 is 2.30. The van der Waals surface area contributed by atoms with Crippen LogP contribution in [0, 0.1) is 13.8 Å². The largest absolute Gasteiger partial charge is 0.319 e. The molecule has 2 aromatic carbocycles. The number of rotatable bonds is 3. The predicted molar refractivity (Wildman–Crippen MR) is 98.0 cm³/mol. The van der Waals surface area contributed by atoms with Crippen LogP contribution in [0.15, 0.2) is 67.0 Å². The van der Waals surface area contributed by atoms with Gasteiger partial charge in [0.25, 0.3) is 0 Å². The number of nitrogens with zero attached hydrogens (tertiary/aromatic N) is 3. The highest BCUT2D eigenvalue weighted by molar-refractivity contribution is 5.82. The third-order valence-corrected chi connectivity index (χ3v) is 4.49. The highest BCUT2D eigenvalue weighted by Crippen LogP contribution is 2.27. The lowest BCUT2D eigenvalue weighted by molar-refractivity contribution is 0.834. The fourth-order valence-corrected chi connectivity index (χ4v) is 3.03. The smallest absolute Gasteiger partial charge is 0.141 e. The van der Waals surface area contributed by atoms with Crippen molar-refractivity contribution in [1.82, 2.24) is 14.5 Å². The summed E-state index contributed by atoms with van der Waals surface area (Å²) in [7, 11) is 0. The zero-order chi connectivity index (χ0) is 16.5. The SMILES string of the molecule is Cc1cc2nc(-c3ccncc3)n(Cc3ccccc3)c2cc1C. The maximum Gasteiger partial charge on any atom is 0.141 e. The lowest BCUT2D eigenvalue weighted by atomic mass is 10.1. The number of fused-ring (bicyclic) bond motifs is 1. The van der Waals surface area contributed by atoms with Gasteiger partial charge >= 0.3 is 0 Å². The van der Waals surface area contributed by atoms with Crippen molar-refractivity contribution in [3.63, 3.8) is 0 Å². The number of hydrogen-bond donors (Lipinski definition) is 0. The van der Waals surface area contributed by atoms with Crippen molar-refractivity contribution in [1.29, 1.82) is 0 Å². The molecule has 0 saturated carbocycles. The highest BCUT2D eigenvalue weighted by Gasteiger charge is 2.14. The van der Waals surface area contributed by atoms with E-state index < -0.39 is 0 Å². The van der Waals surface area contributed by atoms with Crippen LogP contribution in [0.25, 0.3) is 22.4 Å². The molecule has 0 aliphatic carbocycles. The summed E-state index contributed by atoms with van der Waals surface area (Å²) in [6.07, 6.45) is 3.63. The van der Waals surface area contributed by atoms with Gasteiger partial charge in [0.2, 0.25) is 0 Å². The Hall–Kier alpha value is -2.94. The predicted octanol–water partition coefficient (Wildman–Crippen LogP) is 4.76. The van der Waals surface area contributed by atoms with Gasteiger partial charge in [0.1, 0.15) is 5.82 Å². The summed E-state index contributed by atoms with van der Waals surface area (Å²) in [6.45, 7) is 5.09. The number of hydrogen-bond acceptors (Lipinski definition) is 2. The molecule has 0 bridgehead atoms. The zero-order valence-electron chi connectivity index (χ0n) is 13.9. The fraction of sp³-hybridized carbons (Fsp3) is 0.143. The summed E-state index contributed by atoms with van der Waals surface area (Å²) in [5, 5.41) is 0. The minimum absolute atomic E-state index is 0.803. The Morgan fingerprint density at radius 2 is 1.58 bits per heavy atom. The molecule has 4 aromatic rings. The zero-order valence-corrected chi connectivity index (χ0v) is 13.9. The van der Waals surface area contributed by atoms with Crippen LogP contribution in [-0.2, 0) is 6.54 Å². The second kappa shape index (κ2) is 5.93. The number of aromatic nitrogens is 3. The maximum absolute atomic E-state index is 4.92. The van der Waals surface area contributed by atoms with Gasteiger partial charge in [0.15, 0.2) is 0 Å². The Balaban J connectivity index is 1.95. The van der Waals surface area contributed by atoms with Gasteiger partial charge in [-0.15, -0.1) is 0 Å². The van der Waals surface area contributed by atoms with E-state index in [0.717, 1.165) is 23.4 Å². The molecule has 0 unspecified atom stereocenters. The Morgan fingerprint density at radius 1 is 0.875 bits per heavy atom. The van der Waals surface area contributed by atoms with Gasteiger partial charge < -0.3 is 4.57 Å². The molecule has 3 heteroatoms. The van der Waals surface area contributed by atoms with Crippen LogP contribution in [0.5, 0.6) is 0 Å². The lowest BCUT2D eigenvalue weighted by Gasteiger charge is -2.10. The Bertz CT molecular complexity index is 986. The molecule has 0 amide bonds. The minimum atomic E-state index is 0.803. The summed E-state index contributed by atoms with van der Waals surface area (Å²) in [5.41, 5.74) is 7.14. The van der Waals surface area contributed by atoms with E-state index in [2.05, 4.69) is 59.8 Å². The van der Waals surface area contributed by atoms with E-state index in [-0.39, 0.29) is 0 Å². The monoisotopic (exact) mass is 313 g/mol. The van der Waals surface area contributed by atoms with E-state index in [0.29, 0.717) is 0 Å². The molecule has 2 heterocycles. The van der Waals surface area contributed by atoms with Crippen molar-refractivity contribution in [2.45, 2.75) is 20.4 Å². The average molecular weight is 313 g/mol. The van der Waals surface area contributed by atoms with E-state index in [4.69, 9.17) is 4.98 Å². The third kappa shape index (κ3) is 2.58. The van der Waals surface area contributed by atoms with Crippen LogP contribution < -0.4 is 0 Å². The number of aryl methyl sites for hydroxylation is 2. The summed E-state index contributed by atoms with van der Waals surface area (Å²) >= 11 is 0. The second-order valence-corrected chi connectivity index (χ2v) is 6.17. The molecular weight excluding hydrogens is 294 g/mol. The first-order valence-corrected chi connectivity index (χ1v) is 8.14. The molecule has 3 nitrogen and oxygen atoms in total. The molecule has 0 aliphatic rings. The van der Waals surface area contributed by atoms with Crippen molar-refractivity contribution in [2.75, 3.05) is 0 Å². The van der Waals surface area contributed by atoms with Crippen LogP contribution >= 0.6 is 0 Å². The van der Waals surface area contributed by atoms with E-state index in [1.54, 1.807) is 0 Å². The van der Waals surface area contributed by atoms with Crippen LogP contribution in [0.2, 0.25) is 0 Å². The quantitative estimate of drug-likeness (QED) is 0.546. The topological polar surface area (TPSA) is 30.7 Å². The normalized spacial score (nSPS) is 11.1. The van der Waals surface area contributed by atoms with Crippen molar-refractivity contribution in [2.24, 2.45) is 0 Å². The van der Waals surface area contributed by atoms with Crippen LogP contribution in [0.1, 0.15) is 16.7 Å². The molecule has 0 radical (unpaired) electrons. The minimum Gasteiger partial charge on any atom is -0.319 e. The van der Waals surface area contributed by atoms with E-state index in [1.165, 1.54) is 22.2 Å². The number of pyridine rings is 1. The molecule has 24 heavy (non-hydrogen) atoms. The van der Waals surface area contributed by atoms with Gasteiger partial charge in [-0.1, -0.05) is 30.3 Å². The maximum atomic E-state index is 4.92. The van der Waals surface area contributed by atoms with Crippen molar-refractivity contribution in [3.05, 3.63) is 83.7 Å². The molecule has 0 atom stereocenters. The molecule has 0 N–H and O–H groups in total.